The van der Waals surface area contributed by atoms with E-state index < -0.39 is 0 Å². The lowest BCUT2D eigenvalue weighted by Gasteiger charge is -2.06. The Morgan fingerprint density at radius 2 is 2.11 bits per heavy atom. The minimum atomic E-state index is 0.284. The average Bonchev–Trinajstić information content (AvgIpc) is 2.85. The minimum Gasteiger partial charge on any atom is -0.399 e. The molecule has 0 aliphatic carbocycles. The smallest absolute Gasteiger partial charge is 0.218 e. The van der Waals surface area contributed by atoms with Gasteiger partial charge in [0.25, 0.3) is 0 Å². The fourth-order valence-corrected chi connectivity index (χ4v) is 1.81. The zero-order valence-electron chi connectivity index (χ0n) is 9.28. The van der Waals surface area contributed by atoms with E-state index in [4.69, 9.17) is 11.0 Å². The van der Waals surface area contributed by atoms with Crippen LogP contribution in [0.25, 0.3) is 16.7 Å². The molecule has 6 heteroatoms. The number of nitriles is 1. The highest BCUT2D eigenvalue weighted by atomic mass is 15.1. The summed E-state index contributed by atoms with van der Waals surface area (Å²) in [5.74, 6) is 0.904. The summed E-state index contributed by atoms with van der Waals surface area (Å²) in [5, 5.41) is 9.81. The fraction of sp³-hybridized carbons (Fsp3) is 0. The summed E-state index contributed by atoms with van der Waals surface area (Å²) < 4.78 is 1.63. The summed E-state index contributed by atoms with van der Waals surface area (Å²) in [6.45, 7) is 0. The van der Waals surface area contributed by atoms with Gasteiger partial charge in [0.1, 0.15) is 18.2 Å². The molecule has 2 heterocycles. The molecule has 0 aliphatic rings. The summed E-state index contributed by atoms with van der Waals surface area (Å²) in [7, 11) is 0. The quantitative estimate of drug-likeness (QED) is 0.642. The Labute approximate surface area is 102 Å². The van der Waals surface area contributed by atoms with Gasteiger partial charge in [-0.05, 0) is 18.2 Å². The van der Waals surface area contributed by atoms with E-state index in [1.54, 1.807) is 29.1 Å². The van der Waals surface area contributed by atoms with Crippen LogP contribution >= 0.6 is 0 Å². The number of nitrogens with zero attached hydrogens (tertiary/aromatic N) is 5. The second kappa shape index (κ2) is 3.82. The Bertz CT molecular complexity index is 768. The lowest BCUT2D eigenvalue weighted by Crippen LogP contribution is -2.01. The molecule has 2 N–H and O–H groups in total. The lowest BCUT2D eigenvalue weighted by molar-refractivity contribution is 0.968. The maximum Gasteiger partial charge on any atom is 0.218 e. The molecule has 3 aromatic rings. The van der Waals surface area contributed by atoms with Crippen molar-refractivity contribution in [2.75, 3.05) is 5.73 Å². The predicted molar refractivity (Wildman–Crippen MR) is 65.8 cm³/mol. The number of aromatic nitrogens is 4. The molecule has 6 nitrogen and oxygen atoms in total. The molecular formula is C12H8N6. The molecule has 0 spiro atoms. The van der Waals surface area contributed by atoms with Crippen molar-refractivity contribution < 1.29 is 0 Å². The first-order chi connectivity index (χ1) is 8.79. The van der Waals surface area contributed by atoms with Gasteiger partial charge in [-0.25, -0.2) is 15.0 Å². The molecule has 2 aromatic heterocycles. The molecular weight excluding hydrogens is 228 g/mol. The first kappa shape index (κ1) is 10.2. The topological polar surface area (TPSA) is 93.4 Å². The minimum absolute atomic E-state index is 0.284. The molecule has 86 valence electrons. The van der Waals surface area contributed by atoms with Crippen LogP contribution in [0.1, 0.15) is 5.82 Å². The van der Waals surface area contributed by atoms with Gasteiger partial charge in [0.2, 0.25) is 5.82 Å². The van der Waals surface area contributed by atoms with Crippen molar-refractivity contribution in [2.24, 2.45) is 0 Å². The Balaban J connectivity index is 2.34. The van der Waals surface area contributed by atoms with Gasteiger partial charge in [0.15, 0.2) is 0 Å². The van der Waals surface area contributed by atoms with Crippen LogP contribution in [0.5, 0.6) is 0 Å². The van der Waals surface area contributed by atoms with Crippen LogP contribution in [-0.4, -0.2) is 19.5 Å². The van der Waals surface area contributed by atoms with Gasteiger partial charge >= 0.3 is 0 Å². The molecule has 0 radical (unpaired) electrons. The van der Waals surface area contributed by atoms with E-state index in [9.17, 15) is 0 Å². The molecule has 0 fully saturated rings. The third-order valence-corrected chi connectivity index (χ3v) is 2.61. The second-order valence-corrected chi connectivity index (χ2v) is 3.71. The first-order valence-corrected chi connectivity index (χ1v) is 5.23. The Kier molecular flexibility index (Phi) is 2.17. The summed E-state index contributed by atoms with van der Waals surface area (Å²) in [5.41, 5.74) is 7.09. The maximum absolute atomic E-state index is 8.99. The number of hydrogen-bond acceptors (Lipinski definition) is 5. The third-order valence-electron chi connectivity index (χ3n) is 2.61. The largest absolute Gasteiger partial charge is 0.399 e. The summed E-state index contributed by atoms with van der Waals surface area (Å²) in [6, 6.07) is 7.39. The molecule has 18 heavy (non-hydrogen) atoms. The van der Waals surface area contributed by atoms with Crippen LogP contribution in [0, 0.1) is 11.3 Å². The van der Waals surface area contributed by atoms with Crippen molar-refractivity contribution in [1.82, 2.24) is 19.5 Å². The number of fused-ring (bicyclic) bond motifs is 1. The zero-order valence-corrected chi connectivity index (χ0v) is 9.28. The van der Waals surface area contributed by atoms with Crippen LogP contribution in [0.4, 0.5) is 5.69 Å². The second-order valence-electron chi connectivity index (χ2n) is 3.71. The van der Waals surface area contributed by atoms with Crippen LogP contribution in [0.15, 0.2) is 36.9 Å². The van der Waals surface area contributed by atoms with E-state index in [0.29, 0.717) is 11.5 Å². The maximum atomic E-state index is 8.99. The monoisotopic (exact) mass is 236 g/mol. The van der Waals surface area contributed by atoms with E-state index in [1.807, 2.05) is 12.1 Å². The Hall–Kier alpha value is -2.94. The van der Waals surface area contributed by atoms with E-state index in [0.717, 1.165) is 10.9 Å². The molecule has 3 rings (SSSR count). The number of nitrogen functional groups attached to an aromatic ring is 1. The zero-order chi connectivity index (χ0) is 12.5. The summed E-state index contributed by atoms with van der Waals surface area (Å²) in [4.78, 5) is 12.3. The molecule has 0 unspecified atom stereocenters. The van der Waals surface area contributed by atoms with E-state index in [-0.39, 0.29) is 5.82 Å². The number of anilines is 1. The van der Waals surface area contributed by atoms with Crippen LogP contribution < -0.4 is 5.73 Å². The molecule has 0 amide bonds. The van der Waals surface area contributed by atoms with Gasteiger partial charge in [-0.1, -0.05) is 0 Å². The third kappa shape index (κ3) is 1.46. The van der Waals surface area contributed by atoms with E-state index >= 15 is 0 Å². The summed E-state index contributed by atoms with van der Waals surface area (Å²) >= 11 is 0. The van der Waals surface area contributed by atoms with Crippen molar-refractivity contribution in [1.29, 1.82) is 5.26 Å². The number of benzene rings is 1. The van der Waals surface area contributed by atoms with Gasteiger partial charge in [-0.3, -0.25) is 4.57 Å². The van der Waals surface area contributed by atoms with Gasteiger partial charge in [-0.15, -0.1) is 0 Å². The number of imidazole rings is 1. The number of hydrogen-bond donors (Lipinski definition) is 1. The van der Waals surface area contributed by atoms with Crippen LogP contribution in [0.3, 0.4) is 0 Å². The van der Waals surface area contributed by atoms with Crippen molar-refractivity contribution >= 4 is 16.6 Å². The Morgan fingerprint density at radius 3 is 2.94 bits per heavy atom. The van der Waals surface area contributed by atoms with Gasteiger partial charge in [-0.2, -0.15) is 5.26 Å². The SMILES string of the molecule is N#Cc1nccn1-c1ncnc2cc(N)ccc12. The predicted octanol–water partition coefficient (Wildman–Crippen LogP) is 1.27. The molecule has 0 bridgehead atoms. The molecule has 0 aliphatic heterocycles. The fourth-order valence-electron chi connectivity index (χ4n) is 1.81. The molecule has 1 aromatic carbocycles. The number of nitrogens with two attached hydrogens (primary N) is 1. The van der Waals surface area contributed by atoms with Gasteiger partial charge in [0.05, 0.1) is 5.52 Å². The van der Waals surface area contributed by atoms with Crippen molar-refractivity contribution in [2.45, 2.75) is 0 Å². The van der Waals surface area contributed by atoms with Gasteiger partial charge in [0, 0.05) is 23.5 Å². The number of rotatable bonds is 1. The normalized spacial score (nSPS) is 10.4. The first-order valence-electron chi connectivity index (χ1n) is 5.23. The highest BCUT2D eigenvalue weighted by molar-refractivity contribution is 5.87. The van der Waals surface area contributed by atoms with Crippen LogP contribution in [-0.2, 0) is 0 Å². The standard InChI is InChI=1S/C12H8N6/c13-6-11-15-3-4-18(11)12-9-2-1-8(14)5-10(9)16-7-17-12/h1-5,7H,14H2. The van der Waals surface area contributed by atoms with E-state index in [2.05, 4.69) is 15.0 Å². The van der Waals surface area contributed by atoms with Crippen LogP contribution in [0.2, 0.25) is 0 Å². The highest BCUT2D eigenvalue weighted by Crippen LogP contribution is 2.21. The molecule has 0 saturated carbocycles. The highest BCUT2D eigenvalue weighted by Gasteiger charge is 2.09. The molecule has 0 atom stereocenters. The van der Waals surface area contributed by atoms with E-state index in [1.165, 1.54) is 6.33 Å². The van der Waals surface area contributed by atoms with Crippen molar-refractivity contribution in [3.63, 3.8) is 0 Å². The van der Waals surface area contributed by atoms with Crippen molar-refractivity contribution in [3.05, 3.63) is 42.7 Å². The summed E-state index contributed by atoms with van der Waals surface area (Å²) in [6.07, 6.45) is 4.69. The Morgan fingerprint density at radius 1 is 1.22 bits per heavy atom. The van der Waals surface area contributed by atoms with Crippen molar-refractivity contribution in [3.8, 4) is 11.9 Å². The average molecular weight is 236 g/mol. The lowest BCUT2D eigenvalue weighted by atomic mass is 10.2. The molecule has 0 saturated heterocycles. The van der Waals surface area contributed by atoms with Gasteiger partial charge < -0.3 is 5.73 Å².